The Labute approximate surface area is 270 Å². The Kier molecular flexibility index (Phi) is 14.0. The minimum atomic E-state index is -0.672. The fraction of sp³-hybridized carbons (Fsp3) is 0.750. The van der Waals surface area contributed by atoms with Gasteiger partial charge in [-0.1, -0.05) is 59.4 Å². The first kappa shape index (κ1) is 36.7. The lowest BCUT2D eigenvalue weighted by Gasteiger charge is -2.31. The van der Waals surface area contributed by atoms with Crippen LogP contribution in [0.2, 0.25) is 0 Å². The third-order valence-electron chi connectivity index (χ3n) is 9.03. The molecule has 0 radical (unpaired) electrons. The molecule has 0 spiro atoms. The van der Waals surface area contributed by atoms with Gasteiger partial charge in [0.05, 0.1) is 24.3 Å². The SMILES string of the molecule is COCCCOc1ccc(CC2CCCC2)cc1NC(=O)C[C@@H](C[C@H](NC(=O)OC(C)(C)C)[C@H]1C[C@@H](C(C)C)C(=O)O1)C(C)C. The number of hydrogen-bond acceptors (Lipinski definition) is 7. The van der Waals surface area contributed by atoms with Gasteiger partial charge in [0.15, 0.2) is 0 Å². The van der Waals surface area contributed by atoms with Crippen LogP contribution < -0.4 is 15.4 Å². The molecule has 254 valence electrons. The number of hydrogen-bond donors (Lipinski definition) is 2. The van der Waals surface area contributed by atoms with Crippen LogP contribution in [-0.2, 0) is 30.2 Å². The molecule has 3 rings (SSSR count). The van der Waals surface area contributed by atoms with Gasteiger partial charge in [0.1, 0.15) is 17.5 Å². The number of carbonyl (C=O) groups excluding carboxylic acids is 3. The summed E-state index contributed by atoms with van der Waals surface area (Å²) < 4.78 is 22.6. The highest BCUT2D eigenvalue weighted by molar-refractivity contribution is 5.92. The lowest BCUT2D eigenvalue weighted by molar-refractivity contribution is -0.146. The van der Waals surface area contributed by atoms with E-state index in [1.807, 2.05) is 40.7 Å². The molecule has 1 saturated heterocycles. The van der Waals surface area contributed by atoms with Crippen molar-refractivity contribution in [2.75, 3.05) is 25.6 Å². The third kappa shape index (κ3) is 12.1. The summed E-state index contributed by atoms with van der Waals surface area (Å²) >= 11 is 0. The number of esters is 1. The van der Waals surface area contributed by atoms with E-state index in [4.69, 9.17) is 18.9 Å². The predicted octanol–water partition coefficient (Wildman–Crippen LogP) is 7.31. The number of carbonyl (C=O) groups is 3. The van der Waals surface area contributed by atoms with Crippen LogP contribution in [0.4, 0.5) is 10.5 Å². The molecule has 1 aliphatic heterocycles. The Morgan fingerprint density at radius 1 is 1.07 bits per heavy atom. The molecule has 1 heterocycles. The molecule has 0 unspecified atom stereocenters. The van der Waals surface area contributed by atoms with Crippen molar-refractivity contribution in [1.82, 2.24) is 5.32 Å². The molecule has 9 nitrogen and oxygen atoms in total. The van der Waals surface area contributed by atoms with Gasteiger partial charge in [-0.3, -0.25) is 9.59 Å². The van der Waals surface area contributed by atoms with Crippen molar-refractivity contribution in [3.05, 3.63) is 23.8 Å². The molecule has 9 heteroatoms. The van der Waals surface area contributed by atoms with Crippen molar-refractivity contribution in [2.45, 2.75) is 124 Å². The monoisotopic (exact) mass is 630 g/mol. The minimum absolute atomic E-state index is 0.0884. The summed E-state index contributed by atoms with van der Waals surface area (Å²) in [4.78, 5) is 39.2. The first-order chi connectivity index (χ1) is 21.3. The quantitative estimate of drug-likeness (QED) is 0.146. The molecular formula is C36H58N2O7. The van der Waals surface area contributed by atoms with Crippen LogP contribution in [0.15, 0.2) is 18.2 Å². The molecule has 2 fully saturated rings. The van der Waals surface area contributed by atoms with Gasteiger partial charge in [-0.05, 0) is 81.4 Å². The summed E-state index contributed by atoms with van der Waals surface area (Å²) in [6, 6.07) is 5.65. The molecule has 1 saturated carbocycles. The number of ether oxygens (including phenoxy) is 4. The van der Waals surface area contributed by atoms with Crippen LogP contribution in [-0.4, -0.2) is 56.0 Å². The topological polar surface area (TPSA) is 112 Å². The summed E-state index contributed by atoms with van der Waals surface area (Å²) in [5, 5.41) is 6.14. The van der Waals surface area contributed by atoms with Crippen LogP contribution in [0.3, 0.4) is 0 Å². The zero-order valence-corrected chi connectivity index (χ0v) is 28.9. The van der Waals surface area contributed by atoms with E-state index in [1.54, 1.807) is 7.11 Å². The summed E-state index contributed by atoms with van der Waals surface area (Å²) in [5.41, 5.74) is 1.21. The summed E-state index contributed by atoms with van der Waals surface area (Å²) in [5.74, 6) is 0.932. The maximum atomic E-state index is 13.6. The molecule has 0 aromatic heterocycles. The number of alkyl carbamates (subject to hydrolysis) is 1. The van der Waals surface area contributed by atoms with Crippen molar-refractivity contribution >= 4 is 23.7 Å². The van der Waals surface area contributed by atoms with Crippen molar-refractivity contribution < 1.29 is 33.3 Å². The number of anilines is 1. The van der Waals surface area contributed by atoms with E-state index in [0.29, 0.717) is 43.4 Å². The average Bonchev–Trinajstić information content (AvgIpc) is 3.59. The fourth-order valence-corrected chi connectivity index (χ4v) is 6.40. The molecule has 1 aromatic carbocycles. The summed E-state index contributed by atoms with van der Waals surface area (Å²) in [6.45, 7) is 14.7. The van der Waals surface area contributed by atoms with Crippen LogP contribution in [0, 0.1) is 29.6 Å². The summed E-state index contributed by atoms with van der Waals surface area (Å²) in [6.07, 6.45) is 7.00. The van der Waals surface area contributed by atoms with Gasteiger partial charge >= 0.3 is 12.1 Å². The third-order valence-corrected chi connectivity index (χ3v) is 9.03. The van der Waals surface area contributed by atoms with E-state index in [9.17, 15) is 14.4 Å². The van der Waals surface area contributed by atoms with E-state index in [1.165, 1.54) is 31.2 Å². The number of benzene rings is 1. The van der Waals surface area contributed by atoms with Gasteiger partial charge < -0.3 is 29.6 Å². The molecule has 4 atom stereocenters. The zero-order chi connectivity index (χ0) is 33.1. The fourth-order valence-electron chi connectivity index (χ4n) is 6.40. The van der Waals surface area contributed by atoms with Gasteiger partial charge in [-0.15, -0.1) is 0 Å². The van der Waals surface area contributed by atoms with E-state index in [2.05, 4.69) is 36.6 Å². The molecule has 45 heavy (non-hydrogen) atoms. The smallest absolute Gasteiger partial charge is 0.408 e. The maximum absolute atomic E-state index is 13.6. The molecule has 1 aromatic rings. The Bertz CT molecular complexity index is 1110. The predicted molar refractivity (Wildman–Crippen MR) is 176 cm³/mol. The van der Waals surface area contributed by atoms with E-state index in [0.717, 1.165) is 12.8 Å². The number of nitrogens with one attached hydrogen (secondary N) is 2. The second kappa shape index (κ2) is 17.2. The van der Waals surface area contributed by atoms with Crippen molar-refractivity contribution in [2.24, 2.45) is 29.6 Å². The number of rotatable bonds is 16. The number of amides is 2. The first-order valence-electron chi connectivity index (χ1n) is 17.0. The highest BCUT2D eigenvalue weighted by Gasteiger charge is 2.42. The Morgan fingerprint density at radius 3 is 2.38 bits per heavy atom. The lowest BCUT2D eigenvalue weighted by atomic mass is 9.83. The van der Waals surface area contributed by atoms with Crippen molar-refractivity contribution in [3.8, 4) is 5.75 Å². The minimum Gasteiger partial charge on any atom is -0.491 e. The Hall–Kier alpha value is -2.81. The molecular weight excluding hydrogens is 572 g/mol. The first-order valence-corrected chi connectivity index (χ1v) is 17.0. The van der Waals surface area contributed by atoms with Gasteiger partial charge in [0.25, 0.3) is 0 Å². The van der Waals surface area contributed by atoms with Crippen molar-refractivity contribution in [1.29, 1.82) is 0 Å². The zero-order valence-electron chi connectivity index (χ0n) is 28.9. The van der Waals surface area contributed by atoms with Crippen LogP contribution in [0.25, 0.3) is 0 Å². The molecule has 2 amide bonds. The lowest BCUT2D eigenvalue weighted by Crippen LogP contribution is -2.47. The highest BCUT2D eigenvalue weighted by atomic mass is 16.6. The van der Waals surface area contributed by atoms with Gasteiger partial charge in [-0.2, -0.15) is 0 Å². The summed E-state index contributed by atoms with van der Waals surface area (Å²) in [7, 11) is 1.67. The van der Waals surface area contributed by atoms with Gasteiger partial charge in [-0.25, -0.2) is 4.79 Å². The van der Waals surface area contributed by atoms with E-state index >= 15 is 0 Å². The molecule has 1 aliphatic carbocycles. The van der Waals surface area contributed by atoms with Crippen molar-refractivity contribution in [3.63, 3.8) is 0 Å². The average molecular weight is 631 g/mol. The van der Waals surface area contributed by atoms with E-state index in [-0.39, 0.29) is 42.0 Å². The number of methoxy groups -OCH3 is 1. The standard InChI is InChI=1S/C36H58N2O7/c1-23(2)27(20-30(38-35(41)45-36(5,6)7)32-22-28(24(3)4)34(40)44-32)21-33(39)37-29-19-26(18-25-12-9-10-13-25)14-15-31(29)43-17-11-16-42-8/h14-15,19,23-25,27-28,30,32H,9-13,16-18,20-22H2,1-8H3,(H,37,39)(H,38,41)/t27-,28+,30+,32-/m1/s1. The van der Waals surface area contributed by atoms with E-state index < -0.39 is 23.8 Å². The Balaban J connectivity index is 1.76. The molecule has 2 aliphatic rings. The van der Waals surface area contributed by atoms with Crippen LogP contribution in [0.1, 0.15) is 105 Å². The van der Waals surface area contributed by atoms with Gasteiger partial charge in [0, 0.05) is 26.6 Å². The van der Waals surface area contributed by atoms with Gasteiger partial charge in [0.2, 0.25) is 5.91 Å². The maximum Gasteiger partial charge on any atom is 0.408 e. The number of cyclic esters (lactones) is 1. The second-order valence-electron chi connectivity index (χ2n) is 14.7. The second-order valence-corrected chi connectivity index (χ2v) is 14.7. The van der Waals surface area contributed by atoms with Crippen LogP contribution in [0.5, 0.6) is 5.75 Å². The molecule has 0 bridgehead atoms. The Morgan fingerprint density at radius 2 is 1.78 bits per heavy atom. The highest BCUT2D eigenvalue weighted by Crippen LogP contribution is 2.35. The molecule has 2 N–H and O–H groups in total. The normalized spacial score (nSPS) is 20.3. The van der Waals surface area contributed by atoms with Crippen LogP contribution >= 0.6 is 0 Å². The largest absolute Gasteiger partial charge is 0.491 e.